The van der Waals surface area contributed by atoms with Gasteiger partial charge in [0.25, 0.3) is 5.56 Å². The average Bonchev–Trinajstić information content (AvgIpc) is 3.04. The number of aromatic amines is 2. The van der Waals surface area contributed by atoms with Crippen LogP contribution in [0.4, 0.5) is 0 Å². The third-order valence-corrected chi connectivity index (χ3v) is 5.60. The number of aromatic nitrogens is 4. The molecule has 0 unspecified atom stereocenters. The van der Waals surface area contributed by atoms with Crippen molar-refractivity contribution in [3.63, 3.8) is 0 Å². The van der Waals surface area contributed by atoms with Crippen LogP contribution in [0.25, 0.3) is 11.0 Å². The number of hydrogen-bond acceptors (Lipinski definition) is 9. The molecule has 3 rings (SSSR count). The molecule has 3 aromatic rings. The molecule has 3 heterocycles. The van der Waals surface area contributed by atoms with E-state index in [0.717, 1.165) is 11.8 Å². The Hall–Kier alpha value is -3.47. The highest BCUT2D eigenvalue weighted by molar-refractivity contribution is 7.99. The first-order valence-corrected chi connectivity index (χ1v) is 10.7. The first-order chi connectivity index (χ1) is 15.2. The number of Topliss-reactive ketones (excluding diaryl/α,β-unsaturated/α-hetero) is 1. The number of carbonyl (C=O) groups excluding carboxylic acids is 3. The number of rotatable bonds is 7. The number of thioether (sulfide) groups is 1. The quantitative estimate of drug-likeness (QED) is 0.236. The fourth-order valence-corrected chi connectivity index (χ4v) is 4.06. The standard InChI is InChI=1S/C21H22N4O6S/c1-6-31-20(29)14-10(3)16(23-11(14)4)13(26)8-32-21-24-17-15(18(27)25-21)12(19(28)30-5)7-9(2)22-17/h7,23H,6,8H2,1-5H3,(H,22,24,25,27). The first-order valence-electron chi connectivity index (χ1n) is 9.70. The van der Waals surface area contributed by atoms with E-state index in [1.165, 1.54) is 13.2 Å². The second-order valence-electron chi connectivity index (χ2n) is 6.93. The Balaban J connectivity index is 1.88. The lowest BCUT2D eigenvalue weighted by Gasteiger charge is -2.07. The number of carbonyl (C=O) groups is 3. The minimum absolute atomic E-state index is 0.0213. The molecule has 0 fully saturated rings. The highest BCUT2D eigenvalue weighted by Gasteiger charge is 2.23. The van der Waals surface area contributed by atoms with Gasteiger partial charge >= 0.3 is 11.9 Å². The van der Waals surface area contributed by atoms with Crippen molar-refractivity contribution in [3.8, 4) is 0 Å². The number of esters is 2. The van der Waals surface area contributed by atoms with Crippen LogP contribution < -0.4 is 5.56 Å². The summed E-state index contributed by atoms with van der Waals surface area (Å²) in [5.41, 5.74) is 1.77. The second-order valence-corrected chi connectivity index (χ2v) is 7.89. The van der Waals surface area contributed by atoms with Gasteiger partial charge in [-0.25, -0.2) is 19.6 Å². The van der Waals surface area contributed by atoms with E-state index < -0.39 is 17.5 Å². The van der Waals surface area contributed by atoms with Crippen LogP contribution in [0.2, 0.25) is 0 Å². The lowest BCUT2D eigenvalue weighted by Crippen LogP contribution is -2.16. The third kappa shape index (κ3) is 4.42. The summed E-state index contributed by atoms with van der Waals surface area (Å²) in [5.74, 6) is -1.48. The van der Waals surface area contributed by atoms with E-state index in [1.807, 2.05) is 0 Å². The Morgan fingerprint density at radius 2 is 1.81 bits per heavy atom. The van der Waals surface area contributed by atoms with E-state index in [1.54, 1.807) is 27.7 Å². The van der Waals surface area contributed by atoms with Crippen LogP contribution >= 0.6 is 11.8 Å². The van der Waals surface area contributed by atoms with Crippen LogP contribution in [0.15, 0.2) is 16.0 Å². The van der Waals surface area contributed by atoms with Gasteiger partial charge in [0.05, 0.1) is 41.7 Å². The molecule has 0 aliphatic carbocycles. The largest absolute Gasteiger partial charge is 0.465 e. The number of fused-ring (bicyclic) bond motifs is 1. The maximum atomic E-state index is 12.8. The normalized spacial score (nSPS) is 10.9. The third-order valence-electron chi connectivity index (χ3n) is 4.72. The van der Waals surface area contributed by atoms with Gasteiger partial charge in [-0.2, -0.15) is 0 Å². The summed E-state index contributed by atoms with van der Waals surface area (Å²) in [7, 11) is 1.22. The van der Waals surface area contributed by atoms with Crippen molar-refractivity contribution in [2.45, 2.75) is 32.9 Å². The lowest BCUT2D eigenvalue weighted by molar-refractivity contribution is 0.0524. The number of nitrogens with zero attached hydrogens (tertiary/aromatic N) is 2. The zero-order chi connectivity index (χ0) is 23.6. The molecular formula is C21H22N4O6S. The fourth-order valence-electron chi connectivity index (χ4n) is 3.33. The van der Waals surface area contributed by atoms with Gasteiger partial charge in [0, 0.05) is 11.4 Å². The number of ketones is 1. The van der Waals surface area contributed by atoms with Crippen molar-refractivity contribution >= 4 is 40.5 Å². The van der Waals surface area contributed by atoms with Crippen molar-refractivity contribution in [1.82, 2.24) is 19.9 Å². The molecule has 11 heteroatoms. The maximum absolute atomic E-state index is 12.8. The molecule has 0 aromatic carbocycles. The smallest absolute Gasteiger partial charge is 0.340 e. The highest BCUT2D eigenvalue weighted by atomic mass is 32.2. The number of nitrogens with one attached hydrogen (secondary N) is 2. The summed E-state index contributed by atoms with van der Waals surface area (Å²) >= 11 is 1.01. The van der Waals surface area contributed by atoms with Gasteiger partial charge in [-0.3, -0.25) is 9.59 Å². The summed E-state index contributed by atoms with van der Waals surface area (Å²) in [6.45, 7) is 6.97. The molecule has 3 aromatic heterocycles. The molecular weight excluding hydrogens is 436 g/mol. The van der Waals surface area contributed by atoms with Gasteiger partial charge in [-0.1, -0.05) is 11.8 Å². The van der Waals surface area contributed by atoms with Crippen LogP contribution in [0, 0.1) is 20.8 Å². The number of pyridine rings is 1. The van der Waals surface area contributed by atoms with Crippen molar-refractivity contribution in [2.75, 3.05) is 19.5 Å². The van der Waals surface area contributed by atoms with E-state index in [4.69, 9.17) is 9.47 Å². The Morgan fingerprint density at radius 3 is 2.47 bits per heavy atom. The Labute approximate surface area is 187 Å². The fraction of sp³-hybridized carbons (Fsp3) is 0.333. The lowest BCUT2D eigenvalue weighted by atomic mass is 10.1. The summed E-state index contributed by atoms with van der Waals surface area (Å²) in [6.07, 6.45) is 0. The van der Waals surface area contributed by atoms with E-state index in [-0.39, 0.29) is 39.9 Å². The first kappa shape index (κ1) is 23.2. The summed E-state index contributed by atoms with van der Waals surface area (Å²) in [5, 5.41) is 0.198. The predicted octanol–water partition coefficient (Wildman–Crippen LogP) is 2.51. The van der Waals surface area contributed by atoms with Crippen molar-refractivity contribution in [3.05, 3.63) is 50.2 Å². The number of H-pyrrole nitrogens is 2. The van der Waals surface area contributed by atoms with Crippen LogP contribution in [-0.4, -0.2) is 57.1 Å². The van der Waals surface area contributed by atoms with Gasteiger partial charge in [-0.15, -0.1) is 0 Å². The molecule has 10 nitrogen and oxygen atoms in total. The Kier molecular flexibility index (Phi) is 6.78. The topological polar surface area (TPSA) is 144 Å². The van der Waals surface area contributed by atoms with Gasteiger partial charge in [0.1, 0.15) is 0 Å². The van der Waals surface area contributed by atoms with E-state index >= 15 is 0 Å². The van der Waals surface area contributed by atoms with Crippen LogP contribution in [0.3, 0.4) is 0 Å². The average molecular weight is 458 g/mol. The van der Waals surface area contributed by atoms with Gasteiger partial charge < -0.3 is 19.4 Å². The molecule has 0 bridgehead atoms. The van der Waals surface area contributed by atoms with Gasteiger partial charge in [0.2, 0.25) is 0 Å². The SMILES string of the molecule is CCOC(=O)c1c(C)[nH]c(C(=O)CSc2nc3nc(C)cc(C(=O)OC)c3c(=O)[nH]2)c1C. The molecule has 0 spiro atoms. The molecule has 2 N–H and O–H groups in total. The number of ether oxygens (including phenoxy) is 2. The molecule has 0 radical (unpaired) electrons. The number of aryl methyl sites for hydroxylation is 2. The van der Waals surface area contributed by atoms with Crippen molar-refractivity contribution in [1.29, 1.82) is 0 Å². The van der Waals surface area contributed by atoms with E-state index in [9.17, 15) is 19.2 Å². The van der Waals surface area contributed by atoms with Gasteiger partial charge in [0.15, 0.2) is 16.6 Å². The molecule has 0 atom stereocenters. The molecule has 0 aliphatic rings. The molecule has 0 saturated carbocycles. The molecule has 0 saturated heterocycles. The van der Waals surface area contributed by atoms with Crippen LogP contribution in [0.1, 0.15) is 55.1 Å². The van der Waals surface area contributed by atoms with Crippen LogP contribution in [0.5, 0.6) is 0 Å². The Morgan fingerprint density at radius 1 is 1.09 bits per heavy atom. The Bertz CT molecular complexity index is 1290. The number of methoxy groups -OCH3 is 1. The molecule has 0 aliphatic heterocycles. The molecule has 168 valence electrons. The molecule has 0 amide bonds. The second kappa shape index (κ2) is 9.35. The molecule has 32 heavy (non-hydrogen) atoms. The summed E-state index contributed by atoms with van der Waals surface area (Å²) < 4.78 is 9.78. The maximum Gasteiger partial charge on any atom is 0.340 e. The zero-order valence-electron chi connectivity index (χ0n) is 18.2. The summed E-state index contributed by atoms with van der Waals surface area (Å²) in [6, 6.07) is 1.46. The van der Waals surface area contributed by atoms with E-state index in [2.05, 4.69) is 19.9 Å². The predicted molar refractivity (Wildman–Crippen MR) is 118 cm³/mol. The zero-order valence-corrected chi connectivity index (χ0v) is 19.1. The summed E-state index contributed by atoms with van der Waals surface area (Å²) in [4.78, 5) is 63.6. The van der Waals surface area contributed by atoms with E-state index in [0.29, 0.717) is 28.2 Å². The minimum Gasteiger partial charge on any atom is -0.465 e. The van der Waals surface area contributed by atoms with Crippen LogP contribution in [-0.2, 0) is 9.47 Å². The van der Waals surface area contributed by atoms with Crippen molar-refractivity contribution in [2.24, 2.45) is 0 Å². The number of hydrogen-bond donors (Lipinski definition) is 2. The van der Waals surface area contributed by atoms with Gasteiger partial charge in [-0.05, 0) is 39.3 Å². The minimum atomic E-state index is -0.668. The van der Waals surface area contributed by atoms with Crippen molar-refractivity contribution < 1.29 is 23.9 Å². The monoisotopic (exact) mass is 458 g/mol. The highest BCUT2D eigenvalue weighted by Crippen LogP contribution is 2.23.